The van der Waals surface area contributed by atoms with Crippen LogP contribution in [0.25, 0.3) is 5.65 Å². The molecule has 1 N–H and O–H groups in total. The third kappa shape index (κ3) is 5.45. The molecule has 0 saturated heterocycles. The van der Waals surface area contributed by atoms with Crippen molar-refractivity contribution in [2.24, 2.45) is 5.10 Å². The number of nitrogens with zero attached hydrogens (tertiary/aromatic N) is 5. The molecular formula is C21H16ClF7N6O4S. The number of nitrogens with one attached hydrogen (secondary N) is 1. The number of carbonyl (C=O) groups excluding carboxylic acids is 1. The fourth-order valence-corrected chi connectivity index (χ4v) is 4.77. The zero-order valence-electron chi connectivity index (χ0n) is 19.9. The lowest BCUT2D eigenvalue weighted by atomic mass is 10.2. The highest BCUT2D eigenvalue weighted by Crippen LogP contribution is 2.33. The van der Waals surface area contributed by atoms with Crippen LogP contribution in [0.5, 0.6) is 0 Å². The minimum absolute atomic E-state index is 0.0430. The molecule has 10 nitrogen and oxygen atoms in total. The van der Waals surface area contributed by atoms with Crippen LogP contribution in [0.3, 0.4) is 0 Å². The molecule has 3 aromatic rings. The average Bonchev–Trinajstić information content (AvgIpc) is 3.25. The first kappa shape index (κ1) is 29.2. The van der Waals surface area contributed by atoms with E-state index in [2.05, 4.69) is 20.1 Å². The summed E-state index contributed by atoms with van der Waals surface area (Å²) < 4.78 is 123. The number of ether oxygens (including phenoxy) is 1. The lowest BCUT2D eigenvalue weighted by Crippen LogP contribution is -2.51. The second kappa shape index (κ2) is 10.3. The normalized spacial score (nSPS) is 14.9. The molecule has 4 rings (SSSR count). The van der Waals surface area contributed by atoms with Crippen molar-refractivity contribution in [2.75, 3.05) is 25.2 Å². The molecule has 40 heavy (non-hydrogen) atoms. The molecule has 0 saturated carbocycles. The molecule has 0 atom stereocenters. The number of amidine groups is 1. The van der Waals surface area contributed by atoms with Crippen LogP contribution in [0.4, 0.5) is 36.4 Å². The molecule has 0 radical (unpaired) electrons. The second-order valence-corrected chi connectivity index (χ2v) is 10.4. The van der Waals surface area contributed by atoms with Crippen molar-refractivity contribution in [1.82, 2.24) is 19.0 Å². The zero-order chi connectivity index (χ0) is 29.6. The number of fused-ring (bicyclic) bond motifs is 1. The van der Waals surface area contributed by atoms with Crippen molar-refractivity contribution in [3.05, 3.63) is 64.3 Å². The SMILES string of the molecule is COC1=NN(c2ccc(CNC(=O)c3c(C(F)(F)F)nc4ccc(Cl)cn34)cc2F)CCN1S(=O)(=O)C(F)(F)F. The first-order valence-electron chi connectivity index (χ1n) is 10.8. The Bertz CT molecular complexity index is 1610. The van der Waals surface area contributed by atoms with Gasteiger partial charge in [-0.25, -0.2) is 13.7 Å². The van der Waals surface area contributed by atoms with Crippen molar-refractivity contribution in [2.45, 2.75) is 18.2 Å². The molecule has 1 aromatic carbocycles. The van der Waals surface area contributed by atoms with Crippen LogP contribution in [0.2, 0.25) is 5.02 Å². The summed E-state index contributed by atoms with van der Waals surface area (Å²) in [6.07, 6.45) is -3.89. The number of aromatic nitrogens is 2. The molecule has 216 valence electrons. The maximum absolute atomic E-state index is 14.9. The van der Waals surface area contributed by atoms with Gasteiger partial charge in [0, 0.05) is 12.7 Å². The zero-order valence-corrected chi connectivity index (χ0v) is 21.5. The summed E-state index contributed by atoms with van der Waals surface area (Å²) in [4.78, 5) is 16.2. The Balaban J connectivity index is 1.55. The molecule has 0 spiro atoms. The lowest BCUT2D eigenvalue weighted by Gasteiger charge is -2.32. The Labute approximate surface area is 225 Å². The van der Waals surface area contributed by atoms with E-state index in [1.807, 2.05) is 0 Å². The Morgan fingerprint density at radius 1 is 1.12 bits per heavy atom. The van der Waals surface area contributed by atoms with Gasteiger partial charge in [-0.05, 0) is 29.8 Å². The quantitative estimate of drug-likeness (QED) is 0.435. The number of benzene rings is 1. The number of hydrazone groups is 1. The first-order valence-corrected chi connectivity index (χ1v) is 12.7. The number of methoxy groups -OCH3 is 1. The predicted octanol–water partition coefficient (Wildman–Crippen LogP) is 3.96. The van der Waals surface area contributed by atoms with Crippen molar-refractivity contribution in [3.8, 4) is 0 Å². The summed E-state index contributed by atoms with van der Waals surface area (Å²) in [6.45, 7) is -1.67. The number of halogens is 8. The fourth-order valence-electron chi connectivity index (χ4n) is 3.72. The highest BCUT2D eigenvalue weighted by molar-refractivity contribution is 7.90. The fraction of sp³-hybridized carbons (Fsp3) is 0.286. The highest BCUT2D eigenvalue weighted by Gasteiger charge is 2.52. The molecule has 19 heteroatoms. The maximum atomic E-state index is 14.9. The minimum atomic E-state index is -5.81. The Morgan fingerprint density at radius 3 is 2.42 bits per heavy atom. The van der Waals surface area contributed by atoms with Gasteiger partial charge >= 0.3 is 27.7 Å². The van der Waals surface area contributed by atoms with Crippen molar-refractivity contribution < 1.29 is 48.7 Å². The van der Waals surface area contributed by atoms with Crippen molar-refractivity contribution in [3.63, 3.8) is 0 Å². The molecule has 1 aliphatic rings. The van der Waals surface area contributed by atoms with E-state index in [1.54, 1.807) is 0 Å². The van der Waals surface area contributed by atoms with E-state index in [0.29, 0.717) is 0 Å². The van der Waals surface area contributed by atoms with E-state index >= 15 is 0 Å². The van der Waals surface area contributed by atoms with Gasteiger partial charge in [-0.2, -0.15) is 34.8 Å². The number of amides is 1. The number of imidazole rings is 1. The van der Waals surface area contributed by atoms with Crippen LogP contribution in [0.15, 0.2) is 41.6 Å². The third-order valence-electron chi connectivity index (χ3n) is 5.51. The first-order chi connectivity index (χ1) is 18.5. The number of carbonyl (C=O) groups is 1. The van der Waals surface area contributed by atoms with Gasteiger partial charge < -0.3 is 10.1 Å². The standard InChI is InChI=1S/C21H16ClF7N6O4S/c1-39-19-32-34(6-7-35(19)40(37,38)21(27,28)29)14-4-2-11(8-13(14)23)9-30-18(36)16-17(20(24,25)26)31-15-5-3-12(22)10-33(15)16/h2-5,8,10H,6-7,9H2,1H3,(H,30,36). The van der Waals surface area contributed by atoms with Gasteiger partial charge in [0.05, 0.1) is 30.9 Å². The lowest BCUT2D eigenvalue weighted by molar-refractivity contribution is -0.141. The Hall–Kier alpha value is -3.80. The molecule has 3 heterocycles. The van der Waals surface area contributed by atoms with Gasteiger partial charge in [-0.15, -0.1) is 5.10 Å². The predicted molar refractivity (Wildman–Crippen MR) is 126 cm³/mol. The molecule has 0 fully saturated rings. The monoisotopic (exact) mass is 616 g/mol. The van der Waals surface area contributed by atoms with Crippen LogP contribution >= 0.6 is 11.6 Å². The molecule has 0 unspecified atom stereocenters. The smallest absolute Gasteiger partial charge is 0.467 e. The number of alkyl halides is 6. The van der Waals surface area contributed by atoms with Crippen molar-refractivity contribution >= 4 is 44.9 Å². The molecule has 2 aromatic heterocycles. The topological polar surface area (TPSA) is 109 Å². The van der Waals surface area contributed by atoms with Crippen LogP contribution in [-0.4, -0.2) is 59.7 Å². The number of hydrogen-bond donors (Lipinski definition) is 1. The summed E-state index contributed by atoms with van der Waals surface area (Å²) in [7, 11) is -4.93. The van der Waals surface area contributed by atoms with Gasteiger partial charge in [-0.1, -0.05) is 17.7 Å². The van der Waals surface area contributed by atoms with E-state index in [4.69, 9.17) is 11.6 Å². The second-order valence-electron chi connectivity index (χ2n) is 8.08. The van der Waals surface area contributed by atoms with E-state index in [1.165, 1.54) is 18.2 Å². The van der Waals surface area contributed by atoms with Gasteiger partial charge in [0.15, 0.2) is 5.69 Å². The van der Waals surface area contributed by atoms with Gasteiger partial charge in [0.25, 0.3) is 5.91 Å². The van der Waals surface area contributed by atoms with Gasteiger partial charge in [-0.3, -0.25) is 14.2 Å². The number of sulfonamides is 1. The molecule has 0 aliphatic carbocycles. The highest BCUT2D eigenvalue weighted by atomic mass is 35.5. The largest absolute Gasteiger partial charge is 0.516 e. The summed E-state index contributed by atoms with van der Waals surface area (Å²) in [6, 6.07) is 4.86. The van der Waals surface area contributed by atoms with Crippen molar-refractivity contribution in [1.29, 1.82) is 0 Å². The summed E-state index contributed by atoms with van der Waals surface area (Å²) in [5.41, 5.74) is -8.27. The minimum Gasteiger partial charge on any atom is -0.467 e. The van der Waals surface area contributed by atoms with Crippen LogP contribution in [-0.2, 0) is 27.5 Å². The van der Waals surface area contributed by atoms with E-state index in [-0.39, 0.29) is 26.2 Å². The van der Waals surface area contributed by atoms with Crippen LogP contribution in [0, 0.1) is 5.82 Å². The van der Waals surface area contributed by atoms with Gasteiger partial charge in [0.2, 0.25) is 0 Å². The average molecular weight is 617 g/mol. The maximum Gasteiger partial charge on any atom is 0.516 e. The molecule has 1 aliphatic heterocycles. The number of pyridine rings is 1. The summed E-state index contributed by atoms with van der Waals surface area (Å²) in [5.74, 6) is -2.15. The van der Waals surface area contributed by atoms with E-state index in [0.717, 1.165) is 34.8 Å². The molecule has 1 amide bonds. The van der Waals surface area contributed by atoms with Gasteiger partial charge in [0.1, 0.15) is 17.2 Å². The van der Waals surface area contributed by atoms with E-state index < -0.39 is 70.5 Å². The molecular weight excluding hydrogens is 601 g/mol. The Morgan fingerprint density at radius 2 is 1.82 bits per heavy atom. The van der Waals surface area contributed by atoms with Crippen LogP contribution in [0.1, 0.15) is 21.7 Å². The number of hydrogen-bond acceptors (Lipinski definition) is 7. The van der Waals surface area contributed by atoms with E-state index in [9.17, 15) is 43.9 Å². The van der Waals surface area contributed by atoms with Crippen LogP contribution < -0.4 is 10.3 Å². The number of rotatable bonds is 5. The summed E-state index contributed by atoms with van der Waals surface area (Å²) in [5, 5.41) is 6.81. The number of anilines is 1. The molecule has 0 bridgehead atoms. The Kier molecular flexibility index (Phi) is 7.52. The third-order valence-corrected chi connectivity index (χ3v) is 7.24. The summed E-state index contributed by atoms with van der Waals surface area (Å²) >= 11 is 5.85.